The fourth-order valence-electron chi connectivity index (χ4n) is 2.85. The molecule has 8 heteroatoms. The fourth-order valence-corrected chi connectivity index (χ4v) is 4.87. The Kier molecular flexibility index (Phi) is 3.78. The second-order valence-electron chi connectivity index (χ2n) is 5.54. The van der Waals surface area contributed by atoms with Crippen molar-refractivity contribution in [3.05, 3.63) is 38.7 Å². The number of nitrogens with zero attached hydrogens (tertiary/aromatic N) is 3. The molecule has 2 N–H and O–H groups in total. The van der Waals surface area contributed by atoms with Gasteiger partial charge in [0, 0.05) is 4.88 Å². The molecule has 0 amide bonds. The summed E-state index contributed by atoms with van der Waals surface area (Å²) in [6.45, 7) is 1.85. The molecule has 0 fully saturated rings. The first-order valence-electron chi connectivity index (χ1n) is 7.52. The van der Waals surface area contributed by atoms with E-state index in [0.29, 0.717) is 10.7 Å². The summed E-state index contributed by atoms with van der Waals surface area (Å²) in [5.74, 6) is -0.202. The van der Waals surface area contributed by atoms with E-state index in [-0.39, 0.29) is 0 Å². The van der Waals surface area contributed by atoms with E-state index in [9.17, 15) is 4.79 Å². The highest BCUT2D eigenvalue weighted by Gasteiger charge is 2.21. The van der Waals surface area contributed by atoms with Crippen LogP contribution < -0.4 is 5.43 Å². The van der Waals surface area contributed by atoms with Crippen molar-refractivity contribution in [2.45, 2.75) is 26.2 Å². The number of fused-ring (bicyclic) bond motifs is 3. The number of thiophene rings is 2. The van der Waals surface area contributed by atoms with Crippen LogP contribution in [0.25, 0.3) is 10.2 Å². The zero-order valence-corrected chi connectivity index (χ0v) is 14.5. The first kappa shape index (κ1) is 15.2. The average Bonchev–Trinajstić information content (AvgIpc) is 3.26. The van der Waals surface area contributed by atoms with Gasteiger partial charge < -0.3 is 5.11 Å². The molecule has 3 aromatic rings. The summed E-state index contributed by atoms with van der Waals surface area (Å²) in [7, 11) is 0. The lowest BCUT2D eigenvalue weighted by molar-refractivity contribution is 0.0702. The smallest absolute Gasteiger partial charge is 0.345 e. The van der Waals surface area contributed by atoms with Crippen LogP contribution in [0.5, 0.6) is 0 Å². The predicted octanol–water partition coefficient (Wildman–Crippen LogP) is 3.78. The molecule has 0 spiro atoms. The van der Waals surface area contributed by atoms with Gasteiger partial charge in [0.1, 0.15) is 16.0 Å². The minimum atomic E-state index is -0.918. The largest absolute Gasteiger partial charge is 0.477 e. The Balaban J connectivity index is 1.65. The summed E-state index contributed by atoms with van der Waals surface area (Å²) in [5.41, 5.74) is 5.11. The normalized spacial score (nSPS) is 14.1. The van der Waals surface area contributed by atoms with Crippen LogP contribution in [0, 0.1) is 0 Å². The molecule has 0 radical (unpaired) electrons. The van der Waals surface area contributed by atoms with Crippen LogP contribution in [-0.2, 0) is 12.8 Å². The monoisotopic (exact) mass is 358 g/mol. The Morgan fingerprint density at radius 1 is 1.25 bits per heavy atom. The molecule has 0 atom stereocenters. The van der Waals surface area contributed by atoms with E-state index in [1.807, 2.05) is 6.92 Å². The highest BCUT2D eigenvalue weighted by molar-refractivity contribution is 7.19. The van der Waals surface area contributed by atoms with Crippen molar-refractivity contribution < 1.29 is 9.90 Å². The van der Waals surface area contributed by atoms with Gasteiger partial charge in [-0.2, -0.15) is 5.10 Å². The number of hydrazone groups is 1. The van der Waals surface area contributed by atoms with Crippen LogP contribution in [0.1, 0.15) is 38.3 Å². The number of carbonyl (C=O) groups is 1. The van der Waals surface area contributed by atoms with Crippen LogP contribution >= 0.6 is 22.7 Å². The van der Waals surface area contributed by atoms with Gasteiger partial charge in [-0.05, 0) is 43.9 Å². The predicted molar refractivity (Wildman–Crippen MR) is 96.6 cm³/mol. The Morgan fingerprint density at radius 3 is 2.88 bits per heavy atom. The number of hydrogen-bond acceptors (Lipinski definition) is 7. The molecule has 0 unspecified atom stereocenters. The Morgan fingerprint density at radius 2 is 2.08 bits per heavy atom. The van der Waals surface area contributed by atoms with Gasteiger partial charge in [0.2, 0.25) is 0 Å². The first-order valence-corrected chi connectivity index (χ1v) is 9.16. The Labute approximate surface area is 145 Å². The van der Waals surface area contributed by atoms with Gasteiger partial charge in [0.25, 0.3) is 0 Å². The number of carboxylic acids is 1. The molecule has 24 heavy (non-hydrogen) atoms. The lowest BCUT2D eigenvalue weighted by Gasteiger charge is -2.04. The van der Waals surface area contributed by atoms with Crippen LogP contribution in [0.3, 0.4) is 0 Å². The average molecular weight is 358 g/mol. The molecule has 3 heterocycles. The van der Waals surface area contributed by atoms with E-state index in [2.05, 4.69) is 20.5 Å². The fraction of sp³-hybridized carbons (Fsp3) is 0.250. The molecule has 122 valence electrons. The van der Waals surface area contributed by atoms with Crippen molar-refractivity contribution in [2.75, 3.05) is 5.43 Å². The second kappa shape index (κ2) is 5.95. The standard InChI is InChI=1S/C16H14N4O2S2/c1-8(10-5-6-12(23-10)16(21)22)19-20-14-13-9-3-2-4-11(9)24-15(13)18-7-17-14/h5-7H,2-4H2,1H3,(H,21,22)(H,17,18,20)/b19-8-. The molecular weight excluding hydrogens is 344 g/mol. The summed E-state index contributed by atoms with van der Waals surface area (Å²) in [6, 6.07) is 3.36. The second-order valence-corrected chi connectivity index (χ2v) is 7.71. The number of hydrogen-bond donors (Lipinski definition) is 2. The molecule has 0 saturated heterocycles. The summed E-state index contributed by atoms with van der Waals surface area (Å²) < 4.78 is 0. The third-order valence-electron chi connectivity index (χ3n) is 4.00. The zero-order valence-electron chi connectivity index (χ0n) is 12.9. The molecule has 0 bridgehead atoms. The Hall–Kier alpha value is -2.32. The van der Waals surface area contributed by atoms with Crippen molar-refractivity contribution >= 4 is 50.4 Å². The maximum Gasteiger partial charge on any atom is 0.345 e. The lowest BCUT2D eigenvalue weighted by Crippen LogP contribution is -2.00. The van der Waals surface area contributed by atoms with E-state index in [0.717, 1.165) is 33.6 Å². The number of nitrogens with one attached hydrogen (secondary N) is 1. The topological polar surface area (TPSA) is 87.5 Å². The number of aryl methyl sites for hydroxylation is 2. The van der Waals surface area contributed by atoms with Gasteiger partial charge in [0.05, 0.1) is 16.0 Å². The highest BCUT2D eigenvalue weighted by atomic mass is 32.1. The van der Waals surface area contributed by atoms with Crippen molar-refractivity contribution in [3.8, 4) is 0 Å². The number of anilines is 1. The third kappa shape index (κ3) is 2.57. The first-order chi connectivity index (χ1) is 11.6. The van der Waals surface area contributed by atoms with Gasteiger partial charge in [-0.15, -0.1) is 22.7 Å². The van der Waals surface area contributed by atoms with Gasteiger partial charge in [0.15, 0.2) is 5.82 Å². The molecule has 1 aliphatic rings. The summed E-state index contributed by atoms with van der Waals surface area (Å²) >= 11 is 2.94. The van der Waals surface area contributed by atoms with E-state index < -0.39 is 5.97 Å². The lowest BCUT2D eigenvalue weighted by atomic mass is 10.2. The number of rotatable bonds is 4. The van der Waals surface area contributed by atoms with Gasteiger partial charge in [-0.3, -0.25) is 5.43 Å². The van der Waals surface area contributed by atoms with E-state index in [1.165, 1.54) is 28.2 Å². The minimum absolute atomic E-state index is 0.305. The molecule has 6 nitrogen and oxygen atoms in total. The molecule has 0 aliphatic heterocycles. The molecule has 0 aromatic carbocycles. The number of aromatic nitrogens is 2. The zero-order chi connectivity index (χ0) is 16.7. The molecular formula is C16H14N4O2S2. The van der Waals surface area contributed by atoms with Crippen LogP contribution in [0.15, 0.2) is 23.6 Å². The highest BCUT2D eigenvalue weighted by Crippen LogP contribution is 2.39. The van der Waals surface area contributed by atoms with Crippen LogP contribution in [0.2, 0.25) is 0 Å². The van der Waals surface area contributed by atoms with Crippen LogP contribution in [0.4, 0.5) is 5.82 Å². The summed E-state index contributed by atoms with van der Waals surface area (Å²) in [6.07, 6.45) is 4.91. The van der Waals surface area contributed by atoms with Crippen molar-refractivity contribution in [1.82, 2.24) is 9.97 Å². The number of carboxylic acid groups (broad SMARTS) is 1. The summed E-state index contributed by atoms with van der Waals surface area (Å²) in [5, 5.41) is 14.5. The number of aromatic carboxylic acids is 1. The molecule has 4 rings (SSSR count). The van der Waals surface area contributed by atoms with Gasteiger partial charge in [-0.25, -0.2) is 14.8 Å². The van der Waals surface area contributed by atoms with Crippen molar-refractivity contribution in [2.24, 2.45) is 5.10 Å². The molecule has 1 aliphatic carbocycles. The maximum absolute atomic E-state index is 11.0. The quantitative estimate of drug-likeness (QED) is 0.547. The van der Waals surface area contributed by atoms with Crippen molar-refractivity contribution in [1.29, 1.82) is 0 Å². The third-order valence-corrected chi connectivity index (χ3v) is 6.39. The van der Waals surface area contributed by atoms with Gasteiger partial charge in [-0.1, -0.05) is 0 Å². The van der Waals surface area contributed by atoms with Crippen LogP contribution in [-0.4, -0.2) is 26.8 Å². The molecule has 3 aromatic heterocycles. The summed E-state index contributed by atoms with van der Waals surface area (Å²) in [4.78, 5) is 23.2. The van der Waals surface area contributed by atoms with E-state index in [1.54, 1.807) is 29.8 Å². The Bertz CT molecular complexity index is 974. The SMILES string of the molecule is C/C(=N/Nc1ncnc2sc3c(c12)CCC3)c1ccc(C(=O)O)s1. The van der Waals surface area contributed by atoms with Crippen molar-refractivity contribution in [3.63, 3.8) is 0 Å². The minimum Gasteiger partial charge on any atom is -0.477 e. The van der Waals surface area contributed by atoms with E-state index in [4.69, 9.17) is 5.11 Å². The maximum atomic E-state index is 11.0. The van der Waals surface area contributed by atoms with E-state index >= 15 is 0 Å². The molecule has 0 saturated carbocycles. The van der Waals surface area contributed by atoms with Gasteiger partial charge >= 0.3 is 5.97 Å².